The molecule has 124 valence electrons. The van der Waals surface area contributed by atoms with Crippen LogP contribution in [0, 0.1) is 0 Å². The van der Waals surface area contributed by atoms with Gasteiger partial charge in [0, 0.05) is 0 Å². The monoisotopic (exact) mass is 333 g/mol. The first-order chi connectivity index (χ1) is 11.4. The van der Waals surface area contributed by atoms with Crippen LogP contribution < -0.4 is 0 Å². The standard InChI is InChI=1S/C18H14F3NO2/c19-18(20,21)13-7-5-11(6-8-13)16-15-4-2-1-3-12(15)9-14-10-24-17(23)22(14)16/h1-8,14,16H,9-10H2. The van der Waals surface area contributed by atoms with Gasteiger partial charge < -0.3 is 4.74 Å². The highest BCUT2D eigenvalue weighted by Gasteiger charge is 2.43. The molecule has 0 bridgehead atoms. The number of nitrogens with zero attached hydrogens (tertiary/aromatic N) is 1. The quantitative estimate of drug-likeness (QED) is 0.784. The van der Waals surface area contributed by atoms with E-state index in [9.17, 15) is 18.0 Å². The van der Waals surface area contributed by atoms with Crippen molar-refractivity contribution in [1.29, 1.82) is 0 Å². The molecule has 2 aliphatic heterocycles. The molecule has 4 rings (SSSR count). The molecule has 2 unspecified atom stereocenters. The molecule has 0 aliphatic carbocycles. The number of carbonyl (C=O) groups is 1. The van der Waals surface area contributed by atoms with E-state index in [1.807, 2.05) is 24.3 Å². The van der Waals surface area contributed by atoms with E-state index in [0.717, 1.165) is 23.3 Å². The molecular formula is C18H14F3NO2. The van der Waals surface area contributed by atoms with Gasteiger partial charge in [0.1, 0.15) is 6.61 Å². The third kappa shape index (κ3) is 2.33. The van der Waals surface area contributed by atoms with Crippen molar-refractivity contribution in [1.82, 2.24) is 4.90 Å². The Labute approximate surface area is 136 Å². The second-order valence-corrected chi connectivity index (χ2v) is 6.06. The fourth-order valence-electron chi connectivity index (χ4n) is 3.53. The fraction of sp³-hybridized carbons (Fsp3) is 0.278. The molecule has 1 fully saturated rings. The van der Waals surface area contributed by atoms with E-state index in [2.05, 4.69) is 0 Å². The van der Waals surface area contributed by atoms with Gasteiger partial charge in [-0.3, -0.25) is 4.90 Å². The minimum absolute atomic E-state index is 0.0836. The molecule has 0 radical (unpaired) electrons. The zero-order valence-corrected chi connectivity index (χ0v) is 12.6. The second-order valence-electron chi connectivity index (χ2n) is 6.06. The number of hydrogen-bond acceptors (Lipinski definition) is 2. The summed E-state index contributed by atoms with van der Waals surface area (Å²) in [7, 11) is 0. The Balaban J connectivity index is 1.80. The lowest BCUT2D eigenvalue weighted by Crippen LogP contribution is -2.42. The van der Waals surface area contributed by atoms with Crippen LogP contribution in [-0.2, 0) is 17.3 Å². The molecule has 2 aliphatic rings. The number of alkyl halides is 3. The molecule has 2 atom stereocenters. The van der Waals surface area contributed by atoms with E-state index in [0.29, 0.717) is 18.6 Å². The van der Waals surface area contributed by atoms with Crippen LogP contribution in [0.4, 0.5) is 18.0 Å². The van der Waals surface area contributed by atoms with Crippen molar-refractivity contribution in [2.75, 3.05) is 6.61 Å². The van der Waals surface area contributed by atoms with Gasteiger partial charge in [0.25, 0.3) is 0 Å². The van der Waals surface area contributed by atoms with Crippen molar-refractivity contribution in [2.24, 2.45) is 0 Å². The number of cyclic esters (lactones) is 1. The molecule has 1 saturated heterocycles. The molecule has 2 heterocycles. The maximum absolute atomic E-state index is 12.8. The summed E-state index contributed by atoms with van der Waals surface area (Å²) in [4.78, 5) is 13.8. The van der Waals surface area contributed by atoms with Gasteiger partial charge in [0.2, 0.25) is 0 Å². The topological polar surface area (TPSA) is 29.5 Å². The van der Waals surface area contributed by atoms with Crippen molar-refractivity contribution in [2.45, 2.75) is 24.7 Å². The minimum Gasteiger partial charge on any atom is -0.447 e. The molecule has 2 aromatic carbocycles. The highest BCUT2D eigenvalue weighted by atomic mass is 19.4. The number of halogens is 3. The smallest absolute Gasteiger partial charge is 0.416 e. The summed E-state index contributed by atoms with van der Waals surface area (Å²) < 4.78 is 43.5. The van der Waals surface area contributed by atoms with E-state index in [1.54, 1.807) is 4.90 Å². The predicted molar refractivity (Wildman–Crippen MR) is 80.4 cm³/mol. The van der Waals surface area contributed by atoms with Crippen LogP contribution in [0.25, 0.3) is 0 Å². The van der Waals surface area contributed by atoms with Crippen molar-refractivity contribution in [3.8, 4) is 0 Å². The van der Waals surface area contributed by atoms with E-state index in [4.69, 9.17) is 4.74 Å². The van der Waals surface area contributed by atoms with Crippen LogP contribution in [0.15, 0.2) is 48.5 Å². The SMILES string of the molecule is O=C1OCC2Cc3ccccc3C(c3ccc(C(F)(F)F)cc3)N12. The van der Waals surface area contributed by atoms with Crippen molar-refractivity contribution >= 4 is 6.09 Å². The Morgan fingerprint density at radius 1 is 1.04 bits per heavy atom. The Morgan fingerprint density at radius 3 is 2.46 bits per heavy atom. The minimum atomic E-state index is -4.38. The summed E-state index contributed by atoms with van der Waals surface area (Å²) in [5, 5.41) is 0. The molecule has 24 heavy (non-hydrogen) atoms. The van der Waals surface area contributed by atoms with Gasteiger partial charge in [0.15, 0.2) is 0 Å². The molecule has 0 aromatic heterocycles. The van der Waals surface area contributed by atoms with Crippen molar-refractivity contribution in [3.05, 3.63) is 70.8 Å². The number of carbonyl (C=O) groups excluding carboxylic acids is 1. The Morgan fingerprint density at radius 2 is 1.75 bits per heavy atom. The number of rotatable bonds is 1. The lowest BCUT2D eigenvalue weighted by atomic mass is 9.85. The lowest BCUT2D eigenvalue weighted by Gasteiger charge is -2.37. The molecule has 0 spiro atoms. The van der Waals surface area contributed by atoms with Gasteiger partial charge >= 0.3 is 12.3 Å². The zero-order valence-electron chi connectivity index (χ0n) is 12.6. The van der Waals surface area contributed by atoms with E-state index >= 15 is 0 Å². The largest absolute Gasteiger partial charge is 0.447 e. The van der Waals surface area contributed by atoms with Crippen LogP contribution in [0.2, 0.25) is 0 Å². The average Bonchev–Trinajstić information content (AvgIpc) is 2.93. The molecular weight excluding hydrogens is 319 g/mol. The number of ether oxygens (including phenoxy) is 1. The third-order valence-electron chi connectivity index (χ3n) is 4.64. The molecule has 0 saturated carbocycles. The number of hydrogen-bond donors (Lipinski definition) is 0. The van der Waals surface area contributed by atoms with Crippen LogP contribution in [0.1, 0.15) is 28.3 Å². The Kier molecular flexibility index (Phi) is 3.30. The number of benzene rings is 2. The van der Waals surface area contributed by atoms with Crippen molar-refractivity contribution < 1.29 is 22.7 Å². The van der Waals surface area contributed by atoms with E-state index in [1.165, 1.54) is 12.1 Å². The highest BCUT2D eigenvalue weighted by molar-refractivity contribution is 5.72. The molecule has 6 heteroatoms. The van der Waals surface area contributed by atoms with Gasteiger partial charge in [-0.25, -0.2) is 4.79 Å². The molecule has 1 amide bonds. The number of amides is 1. The zero-order chi connectivity index (χ0) is 16.9. The first-order valence-electron chi connectivity index (χ1n) is 7.65. The predicted octanol–water partition coefficient (Wildman–Crippen LogP) is 4.17. The van der Waals surface area contributed by atoms with Crippen molar-refractivity contribution in [3.63, 3.8) is 0 Å². The Hall–Kier alpha value is -2.50. The maximum Gasteiger partial charge on any atom is 0.416 e. The van der Waals surface area contributed by atoms with Gasteiger partial charge in [-0.15, -0.1) is 0 Å². The summed E-state index contributed by atoms with van der Waals surface area (Å²) in [5.74, 6) is 0. The Bertz CT molecular complexity index is 786. The van der Waals surface area contributed by atoms with Crippen LogP contribution in [0.3, 0.4) is 0 Å². The maximum atomic E-state index is 12.8. The summed E-state index contributed by atoms with van der Waals surface area (Å²) in [6, 6.07) is 12.2. The summed E-state index contributed by atoms with van der Waals surface area (Å²) in [6.07, 6.45) is -4.10. The lowest BCUT2D eigenvalue weighted by molar-refractivity contribution is -0.137. The second kappa shape index (κ2) is 5.26. The first kappa shape index (κ1) is 15.1. The normalized spacial score (nSPS) is 22.8. The van der Waals surface area contributed by atoms with Gasteiger partial charge in [-0.2, -0.15) is 13.2 Å². The summed E-state index contributed by atoms with van der Waals surface area (Å²) in [6.45, 7) is 0.310. The van der Waals surface area contributed by atoms with Crippen LogP contribution >= 0.6 is 0 Å². The van der Waals surface area contributed by atoms with Crippen LogP contribution in [-0.4, -0.2) is 23.6 Å². The van der Waals surface area contributed by atoms with Gasteiger partial charge in [0.05, 0.1) is 17.6 Å². The number of fused-ring (bicyclic) bond motifs is 2. The third-order valence-corrected chi connectivity index (χ3v) is 4.64. The van der Waals surface area contributed by atoms with E-state index in [-0.39, 0.29) is 6.04 Å². The van der Waals surface area contributed by atoms with Gasteiger partial charge in [-0.1, -0.05) is 36.4 Å². The molecule has 3 nitrogen and oxygen atoms in total. The van der Waals surface area contributed by atoms with Crippen LogP contribution in [0.5, 0.6) is 0 Å². The average molecular weight is 333 g/mol. The molecule has 2 aromatic rings. The highest BCUT2D eigenvalue weighted by Crippen LogP contribution is 2.41. The first-order valence-corrected chi connectivity index (χ1v) is 7.65. The summed E-state index contributed by atoms with van der Waals surface area (Å²) in [5.41, 5.74) is 1.99. The van der Waals surface area contributed by atoms with E-state index < -0.39 is 23.9 Å². The fourth-order valence-corrected chi connectivity index (χ4v) is 3.53. The summed E-state index contributed by atoms with van der Waals surface area (Å²) >= 11 is 0. The van der Waals surface area contributed by atoms with Gasteiger partial charge in [-0.05, 0) is 35.2 Å². The molecule has 0 N–H and O–H groups in total.